The maximum absolute atomic E-state index is 5.88. The molecule has 4 nitrogen and oxygen atoms in total. The van der Waals surface area contributed by atoms with Gasteiger partial charge in [0.2, 0.25) is 5.95 Å². The Morgan fingerprint density at radius 1 is 1.33 bits per heavy atom. The number of fused-ring (bicyclic) bond motifs is 1. The van der Waals surface area contributed by atoms with Crippen LogP contribution in [-0.2, 0) is 6.42 Å². The lowest BCUT2D eigenvalue weighted by molar-refractivity contribution is 0.327. The van der Waals surface area contributed by atoms with Gasteiger partial charge in [-0.05, 0) is 31.2 Å². The minimum Gasteiger partial charge on any atom is -0.368 e. The van der Waals surface area contributed by atoms with Crippen LogP contribution >= 0.6 is 11.3 Å². The van der Waals surface area contributed by atoms with Crippen molar-refractivity contribution < 1.29 is 0 Å². The highest BCUT2D eigenvalue weighted by molar-refractivity contribution is 7.18. The van der Waals surface area contributed by atoms with Crippen molar-refractivity contribution in [2.24, 2.45) is 5.92 Å². The van der Waals surface area contributed by atoms with Crippen LogP contribution in [0.15, 0.2) is 6.07 Å². The average Bonchev–Trinajstić information content (AvgIpc) is 2.90. The van der Waals surface area contributed by atoms with Crippen molar-refractivity contribution in [2.45, 2.75) is 58.4 Å². The van der Waals surface area contributed by atoms with Crippen LogP contribution in [0.2, 0.25) is 0 Å². The number of thiophene rings is 1. The van der Waals surface area contributed by atoms with E-state index in [9.17, 15) is 0 Å². The van der Waals surface area contributed by atoms with Gasteiger partial charge in [-0.15, -0.1) is 11.3 Å². The van der Waals surface area contributed by atoms with Gasteiger partial charge in [0.25, 0.3) is 0 Å². The number of nitrogen functional groups attached to an aromatic ring is 1. The molecule has 2 heterocycles. The summed E-state index contributed by atoms with van der Waals surface area (Å²) in [6, 6.07) is 2.73. The van der Waals surface area contributed by atoms with Gasteiger partial charge in [0, 0.05) is 10.9 Å². The van der Waals surface area contributed by atoms with E-state index in [2.05, 4.69) is 35.2 Å². The molecule has 21 heavy (non-hydrogen) atoms. The summed E-state index contributed by atoms with van der Waals surface area (Å²) >= 11 is 1.72. The number of rotatable bonds is 4. The first-order chi connectivity index (χ1) is 10.2. The molecule has 0 aromatic carbocycles. The largest absolute Gasteiger partial charge is 0.368 e. The van der Waals surface area contributed by atoms with Crippen LogP contribution in [0.1, 0.15) is 50.8 Å². The Hall–Kier alpha value is -1.36. The Balaban J connectivity index is 1.87. The summed E-state index contributed by atoms with van der Waals surface area (Å²) in [6.07, 6.45) is 7.46. The number of nitrogens with zero attached hydrogens (tertiary/aromatic N) is 2. The van der Waals surface area contributed by atoms with Crippen molar-refractivity contribution in [1.82, 2.24) is 9.97 Å². The second-order valence-electron chi connectivity index (χ2n) is 6.00. The lowest BCUT2D eigenvalue weighted by atomic mass is 9.84. The monoisotopic (exact) mass is 304 g/mol. The van der Waals surface area contributed by atoms with Gasteiger partial charge in [-0.25, -0.2) is 4.98 Å². The van der Waals surface area contributed by atoms with Crippen LogP contribution in [-0.4, -0.2) is 16.0 Å². The third-order valence-electron chi connectivity index (χ3n) is 4.51. The van der Waals surface area contributed by atoms with Gasteiger partial charge in [0.05, 0.1) is 5.39 Å². The van der Waals surface area contributed by atoms with Gasteiger partial charge in [-0.2, -0.15) is 4.98 Å². The first kappa shape index (κ1) is 14.6. The van der Waals surface area contributed by atoms with Crippen molar-refractivity contribution in [3.63, 3.8) is 0 Å². The van der Waals surface area contributed by atoms with E-state index in [1.807, 2.05) is 0 Å². The second kappa shape index (κ2) is 6.18. The maximum atomic E-state index is 5.88. The lowest BCUT2D eigenvalue weighted by Gasteiger charge is -2.29. The molecule has 114 valence electrons. The fourth-order valence-electron chi connectivity index (χ4n) is 3.26. The number of hydrogen-bond acceptors (Lipinski definition) is 5. The summed E-state index contributed by atoms with van der Waals surface area (Å²) in [6.45, 7) is 4.46. The number of nitrogens with two attached hydrogens (primary N) is 1. The van der Waals surface area contributed by atoms with Crippen LogP contribution in [0.25, 0.3) is 10.2 Å². The van der Waals surface area contributed by atoms with Crippen LogP contribution in [0.5, 0.6) is 0 Å². The molecule has 0 amide bonds. The summed E-state index contributed by atoms with van der Waals surface area (Å²) in [4.78, 5) is 11.2. The summed E-state index contributed by atoms with van der Waals surface area (Å²) < 4.78 is 0. The molecule has 3 N–H and O–H groups in total. The third-order valence-corrected chi connectivity index (χ3v) is 5.68. The molecule has 2 unspecified atom stereocenters. The molecule has 0 bridgehead atoms. The Morgan fingerprint density at radius 3 is 2.95 bits per heavy atom. The molecule has 3 rings (SSSR count). The number of aryl methyl sites for hydroxylation is 1. The van der Waals surface area contributed by atoms with E-state index in [-0.39, 0.29) is 0 Å². The van der Waals surface area contributed by atoms with Gasteiger partial charge in [-0.1, -0.05) is 33.1 Å². The second-order valence-corrected chi connectivity index (χ2v) is 7.11. The minimum atomic E-state index is 0.373. The average molecular weight is 304 g/mol. The predicted octanol–water partition coefficient (Wildman–Crippen LogP) is 4.22. The van der Waals surface area contributed by atoms with Gasteiger partial charge in [-0.3, -0.25) is 0 Å². The predicted molar refractivity (Wildman–Crippen MR) is 90.9 cm³/mol. The van der Waals surface area contributed by atoms with E-state index < -0.39 is 0 Å². The van der Waals surface area contributed by atoms with Gasteiger partial charge >= 0.3 is 0 Å². The molecular weight excluding hydrogens is 280 g/mol. The molecule has 1 fully saturated rings. The van der Waals surface area contributed by atoms with Gasteiger partial charge < -0.3 is 11.1 Å². The standard InChI is InChI=1S/C16H24N4S/c1-3-10-6-5-7-11(8-10)18-14-13-9-12(4-2)21-15(13)20-16(17)19-14/h9-11H,3-8H2,1-2H3,(H3,17,18,19,20). The normalized spacial score (nSPS) is 22.6. The van der Waals surface area contributed by atoms with Crippen molar-refractivity contribution in [3.8, 4) is 0 Å². The summed E-state index contributed by atoms with van der Waals surface area (Å²) in [7, 11) is 0. The fraction of sp³-hybridized carbons (Fsp3) is 0.625. The quantitative estimate of drug-likeness (QED) is 0.888. The number of anilines is 2. The molecule has 0 saturated heterocycles. The van der Waals surface area contributed by atoms with Crippen molar-refractivity contribution >= 4 is 33.3 Å². The lowest BCUT2D eigenvalue weighted by Crippen LogP contribution is -2.27. The van der Waals surface area contributed by atoms with E-state index >= 15 is 0 Å². The molecule has 5 heteroatoms. The van der Waals surface area contributed by atoms with Gasteiger partial charge in [0.15, 0.2) is 0 Å². The first-order valence-electron chi connectivity index (χ1n) is 8.02. The first-order valence-corrected chi connectivity index (χ1v) is 8.83. The smallest absolute Gasteiger partial charge is 0.223 e. The number of nitrogens with one attached hydrogen (secondary N) is 1. The third kappa shape index (κ3) is 3.12. The maximum Gasteiger partial charge on any atom is 0.223 e. The number of aromatic nitrogens is 2. The highest BCUT2D eigenvalue weighted by Gasteiger charge is 2.22. The summed E-state index contributed by atoms with van der Waals surface area (Å²) in [5, 5.41) is 4.77. The van der Waals surface area contributed by atoms with Crippen LogP contribution in [0.3, 0.4) is 0 Å². The molecule has 2 atom stereocenters. The van der Waals surface area contributed by atoms with E-state index in [1.165, 1.54) is 37.0 Å². The van der Waals surface area contributed by atoms with E-state index in [1.54, 1.807) is 11.3 Å². The molecule has 0 spiro atoms. The fourth-order valence-corrected chi connectivity index (χ4v) is 4.23. The van der Waals surface area contributed by atoms with E-state index in [0.29, 0.717) is 12.0 Å². The highest BCUT2D eigenvalue weighted by Crippen LogP contribution is 2.33. The topological polar surface area (TPSA) is 63.8 Å². The molecule has 2 aromatic heterocycles. The Labute approximate surface area is 130 Å². The van der Waals surface area contributed by atoms with Crippen LogP contribution in [0.4, 0.5) is 11.8 Å². The zero-order chi connectivity index (χ0) is 14.8. The Kier molecular flexibility index (Phi) is 4.29. The molecule has 1 aliphatic carbocycles. The molecule has 2 aromatic rings. The molecular formula is C16H24N4S. The highest BCUT2D eigenvalue weighted by atomic mass is 32.1. The van der Waals surface area contributed by atoms with E-state index in [4.69, 9.17) is 5.73 Å². The SMILES string of the molecule is CCc1cc2c(NC3CCCC(CC)C3)nc(N)nc2s1. The molecule has 1 saturated carbocycles. The molecule has 1 aliphatic rings. The zero-order valence-corrected chi connectivity index (χ0v) is 13.7. The van der Waals surface area contributed by atoms with Crippen LogP contribution < -0.4 is 11.1 Å². The van der Waals surface area contributed by atoms with E-state index in [0.717, 1.165) is 28.4 Å². The van der Waals surface area contributed by atoms with Crippen molar-refractivity contribution in [3.05, 3.63) is 10.9 Å². The molecule has 0 radical (unpaired) electrons. The number of hydrogen-bond donors (Lipinski definition) is 2. The minimum absolute atomic E-state index is 0.373. The Morgan fingerprint density at radius 2 is 2.19 bits per heavy atom. The Bertz CT molecular complexity index is 622. The zero-order valence-electron chi connectivity index (χ0n) is 12.9. The van der Waals surface area contributed by atoms with Crippen LogP contribution in [0, 0.1) is 5.92 Å². The van der Waals surface area contributed by atoms with Crippen molar-refractivity contribution in [1.29, 1.82) is 0 Å². The molecule has 0 aliphatic heterocycles. The summed E-state index contributed by atoms with van der Waals surface area (Å²) in [5.74, 6) is 2.15. The van der Waals surface area contributed by atoms with Crippen molar-refractivity contribution in [2.75, 3.05) is 11.1 Å². The summed E-state index contributed by atoms with van der Waals surface area (Å²) in [5.41, 5.74) is 5.88. The van der Waals surface area contributed by atoms with Gasteiger partial charge in [0.1, 0.15) is 10.6 Å².